The van der Waals surface area contributed by atoms with Gasteiger partial charge >= 0.3 is 5.97 Å². The summed E-state index contributed by atoms with van der Waals surface area (Å²) in [6.07, 6.45) is 1.69. The van der Waals surface area contributed by atoms with Crippen molar-refractivity contribution in [2.24, 2.45) is 0 Å². The zero-order chi connectivity index (χ0) is 23.8. The SMILES string of the molecule is O=C(O)/C=C/C(=O)Nc1cccc(SC(C(=O)Nc2ccc(Cl)c(Cl)c2)c2ccccc2)c1. The van der Waals surface area contributed by atoms with E-state index in [4.69, 9.17) is 28.3 Å². The molecule has 0 saturated heterocycles. The van der Waals surface area contributed by atoms with Gasteiger partial charge < -0.3 is 15.7 Å². The molecule has 0 radical (unpaired) electrons. The van der Waals surface area contributed by atoms with Gasteiger partial charge in [0.05, 0.1) is 10.0 Å². The van der Waals surface area contributed by atoms with Crippen molar-refractivity contribution in [1.82, 2.24) is 0 Å². The predicted octanol–water partition coefficient (Wildman–Crippen LogP) is 6.04. The maximum absolute atomic E-state index is 13.2. The quantitative estimate of drug-likeness (QED) is 0.258. The second-order valence-electron chi connectivity index (χ2n) is 6.72. The summed E-state index contributed by atoms with van der Waals surface area (Å²) < 4.78 is 0. The minimum absolute atomic E-state index is 0.261. The zero-order valence-corrected chi connectivity index (χ0v) is 19.3. The number of thioether (sulfide) groups is 1. The van der Waals surface area contributed by atoms with Crippen molar-refractivity contribution < 1.29 is 19.5 Å². The van der Waals surface area contributed by atoms with Gasteiger partial charge in [0.1, 0.15) is 5.25 Å². The fraction of sp³-hybridized carbons (Fsp3) is 0.0417. The van der Waals surface area contributed by atoms with Crippen molar-refractivity contribution in [2.75, 3.05) is 10.6 Å². The third kappa shape index (κ3) is 7.39. The molecule has 9 heteroatoms. The van der Waals surface area contributed by atoms with Crippen LogP contribution in [0.1, 0.15) is 10.8 Å². The first-order valence-electron chi connectivity index (χ1n) is 9.61. The van der Waals surface area contributed by atoms with E-state index in [0.717, 1.165) is 22.6 Å². The molecule has 0 aliphatic rings. The molecule has 33 heavy (non-hydrogen) atoms. The molecule has 0 aliphatic heterocycles. The van der Waals surface area contributed by atoms with Crippen molar-refractivity contribution in [1.29, 1.82) is 0 Å². The molecule has 1 unspecified atom stereocenters. The van der Waals surface area contributed by atoms with Crippen LogP contribution < -0.4 is 10.6 Å². The molecule has 0 spiro atoms. The van der Waals surface area contributed by atoms with E-state index in [2.05, 4.69) is 10.6 Å². The van der Waals surface area contributed by atoms with Crippen molar-refractivity contribution in [3.05, 3.63) is 101 Å². The van der Waals surface area contributed by atoms with Gasteiger partial charge in [-0.05, 0) is 42.0 Å². The summed E-state index contributed by atoms with van der Waals surface area (Å²) in [7, 11) is 0. The summed E-state index contributed by atoms with van der Waals surface area (Å²) in [6.45, 7) is 0. The number of hydrogen-bond acceptors (Lipinski definition) is 4. The molecular weight excluding hydrogens is 483 g/mol. The first-order chi connectivity index (χ1) is 15.8. The van der Waals surface area contributed by atoms with Gasteiger partial charge in [-0.3, -0.25) is 9.59 Å². The van der Waals surface area contributed by atoms with E-state index in [9.17, 15) is 14.4 Å². The Morgan fingerprint density at radius 3 is 2.24 bits per heavy atom. The molecule has 3 rings (SSSR count). The fourth-order valence-corrected chi connectivity index (χ4v) is 4.18. The molecule has 0 heterocycles. The topological polar surface area (TPSA) is 95.5 Å². The molecule has 6 nitrogen and oxygen atoms in total. The van der Waals surface area contributed by atoms with E-state index in [0.29, 0.717) is 21.4 Å². The lowest BCUT2D eigenvalue weighted by atomic mass is 10.1. The standard InChI is InChI=1S/C24H18Cl2N2O4S/c25-19-10-9-17(14-20(19)26)28-24(32)23(15-5-2-1-3-6-15)33-18-8-4-7-16(13-18)27-21(29)11-12-22(30)31/h1-14,23H,(H,27,29)(H,28,32)(H,30,31)/b12-11+. The summed E-state index contributed by atoms with van der Waals surface area (Å²) in [6, 6.07) is 21.0. The van der Waals surface area contributed by atoms with Crippen molar-refractivity contribution in [3.63, 3.8) is 0 Å². The highest BCUT2D eigenvalue weighted by atomic mass is 35.5. The normalized spacial score (nSPS) is 11.7. The van der Waals surface area contributed by atoms with Gasteiger partial charge in [-0.25, -0.2) is 4.79 Å². The maximum Gasteiger partial charge on any atom is 0.328 e. The van der Waals surface area contributed by atoms with Gasteiger partial charge in [-0.15, -0.1) is 11.8 Å². The van der Waals surface area contributed by atoms with Crippen LogP contribution in [0, 0.1) is 0 Å². The summed E-state index contributed by atoms with van der Waals surface area (Å²) in [5.41, 5.74) is 1.78. The molecule has 3 aromatic carbocycles. The molecule has 168 valence electrons. The monoisotopic (exact) mass is 500 g/mol. The number of carboxylic acids is 1. The zero-order valence-electron chi connectivity index (χ0n) is 17.0. The Labute approximate surface area is 204 Å². The van der Waals surface area contributed by atoms with E-state index in [1.807, 2.05) is 36.4 Å². The number of anilines is 2. The Kier molecular flexibility index (Phi) is 8.54. The van der Waals surface area contributed by atoms with Crippen LogP contribution >= 0.6 is 35.0 Å². The van der Waals surface area contributed by atoms with Gasteiger partial charge in [-0.2, -0.15) is 0 Å². The molecular formula is C24H18Cl2N2O4S. The summed E-state index contributed by atoms with van der Waals surface area (Å²) in [5, 5.41) is 14.2. The van der Waals surface area contributed by atoms with Gasteiger partial charge in [0, 0.05) is 28.4 Å². The molecule has 0 aliphatic carbocycles. The highest BCUT2D eigenvalue weighted by Gasteiger charge is 2.22. The largest absolute Gasteiger partial charge is 0.478 e. The lowest BCUT2D eigenvalue weighted by Gasteiger charge is -2.18. The number of benzene rings is 3. The molecule has 0 aromatic heterocycles. The number of carboxylic acid groups (broad SMARTS) is 1. The Hall–Kier alpha value is -3.26. The van der Waals surface area contributed by atoms with E-state index < -0.39 is 17.1 Å². The van der Waals surface area contributed by atoms with Crippen molar-refractivity contribution >= 4 is 64.1 Å². The van der Waals surface area contributed by atoms with Gasteiger partial charge in [0.15, 0.2) is 0 Å². The maximum atomic E-state index is 13.2. The molecule has 2 amide bonds. The number of rotatable bonds is 8. The van der Waals surface area contributed by atoms with Gasteiger partial charge in [-0.1, -0.05) is 59.6 Å². The Morgan fingerprint density at radius 2 is 1.55 bits per heavy atom. The van der Waals surface area contributed by atoms with Crippen LogP contribution in [0.2, 0.25) is 10.0 Å². The third-order valence-corrected chi connectivity index (χ3v) is 6.25. The molecule has 0 fully saturated rings. The Morgan fingerprint density at radius 1 is 0.818 bits per heavy atom. The second-order valence-corrected chi connectivity index (χ2v) is 8.71. The Bertz CT molecular complexity index is 1200. The lowest BCUT2D eigenvalue weighted by Crippen LogP contribution is -2.19. The minimum Gasteiger partial charge on any atom is -0.478 e. The van der Waals surface area contributed by atoms with E-state index in [1.165, 1.54) is 11.8 Å². The molecule has 0 saturated carbocycles. The predicted molar refractivity (Wildman–Crippen MR) is 132 cm³/mol. The van der Waals surface area contributed by atoms with Crippen LogP contribution in [0.4, 0.5) is 11.4 Å². The number of halogens is 2. The average Bonchev–Trinajstić information content (AvgIpc) is 2.79. The van der Waals surface area contributed by atoms with Gasteiger partial charge in [0.2, 0.25) is 11.8 Å². The third-order valence-electron chi connectivity index (χ3n) is 4.26. The summed E-state index contributed by atoms with van der Waals surface area (Å²) in [5.74, 6) is -2.05. The highest BCUT2D eigenvalue weighted by Crippen LogP contribution is 2.37. The van der Waals surface area contributed by atoms with Crippen LogP contribution in [0.3, 0.4) is 0 Å². The summed E-state index contributed by atoms with van der Waals surface area (Å²) in [4.78, 5) is 36.4. The minimum atomic E-state index is -1.21. The van der Waals surface area contributed by atoms with E-state index in [-0.39, 0.29) is 5.91 Å². The average molecular weight is 501 g/mol. The van der Waals surface area contributed by atoms with Crippen LogP contribution in [0.25, 0.3) is 0 Å². The number of carbonyl (C=O) groups is 3. The number of nitrogens with one attached hydrogen (secondary N) is 2. The fourth-order valence-electron chi connectivity index (χ4n) is 2.80. The van der Waals surface area contributed by atoms with Crippen LogP contribution in [0.15, 0.2) is 89.8 Å². The number of amides is 2. The first kappa shape index (κ1) is 24.4. The van der Waals surface area contributed by atoms with E-state index in [1.54, 1.807) is 36.4 Å². The van der Waals surface area contributed by atoms with Gasteiger partial charge in [0.25, 0.3) is 0 Å². The van der Waals surface area contributed by atoms with Crippen LogP contribution in [-0.2, 0) is 14.4 Å². The number of hydrogen-bond donors (Lipinski definition) is 3. The smallest absolute Gasteiger partial charge is 0.328 e. The van der Waals surface area contributed by atoms with Crippen LogP contribution in [-0.4, -0.2) is 22.9 Å². The van der Waals surface area contributed by atoms with E-state index >= 15 is 0 Å². The number of carbonyl (C=O) groups excluding carboxylic acids is 2. The highest BCUT2D eigenvalue weighted by molar-refractivity contribution is 8.00. The van der Waals surface area contributed by atoms with Crippen molar-refractivity contribution in [3.8, 4) is 0 Å². The lowest BCUT2D eigenvalue weighted by molar-refractivity contribution is -0.131. The van der Waals surface area contributed by atoms with Crippen molar-refractivity contribution in [2.45, 2.75) is 10.1 Å². The molecule has 1 atom stereocenters. The summed E-state index contributed by atoms with van der Waals surface area (Å²) >= 11 is 13.3. The molecule has 3 aromatic rings. The molecule has 3 N–H and O–H groups in total. The second kappa shape index (κ2) is 11.6. The Balaban J connectivity index is 1.81. The molecule has 0 bridgehead atoms. The first-order valence-corrected chi connectivity index (χ1v) is 11.2. The number of aliphatic carboxylic acids is 1. The van der Waals surface area contributed by atoms with Crippen LogP contribution in [0.5, 0.6) is 0 Å².